The number of carbonyl (C=O) groups is 1. The number of hydrogen-bond acceptors (Lipinski definition) is 7. The van der Waals surface area contributed by atoms with Gasteiger partial charge in [-0.1, -0.05) is 0 Å². The zero-order valence-electron chi connectivity index (χ0n) is 22.8. The molecule has 0 spiro atoms. The van der Waals surface area contributed by atoms with Crippen LogP contribution in [-0.2, 0) is 24.0 Å². The minimum absolute atomic E-state index is 0.246. The molecule has 37 heavy (non-hydrogen) atoms. The summed E-state index contributed by atoms with van der Waals surface area (Å²) in [5.74, 6) is 1.81. The van der Waals surface area contributed by atoms with Crippen molar-refractivity contribution < 1.29 is 9.53 Å². The van der Waals surface area contributed by atoms with E-state index in [-0.39, 0.29) is 6.09 Å². The van der Waals surface area contributed by atoms with Crippen molar-refractivity contribution in [3.05, 3.63) is 53.1 Å². The number of pyridine rings is 1. The summed E-state index contributed by atoms with van der Waals surface area (Å²) < 4.78 is 7.79. The Bertz CT molecular complexity index is 1280. The summed E-state index contributed by atoms with van der Waals surface area (Å²) in [6.45, 7) is 14.9. The molecule has 0 aromatic carbocycles. The maximum Gasteiger partial charge on any atom is 0.410 e. The van der Waals surface area contributed by atoms with Crippen molar-refractivity contribution in [1.29, 1.82) is 0 Å². The van der Waals surface area contributed by atoms with Crippen LogP contribution in [0.2, 0.25) is 0 Å². The molecule has 9 heteroatoms. The van der Waals surface area contributed by atoms with Crippen molar-refractivity contribution in [3.63, 3.8) is 0 Å². The zero-order valence-corrected chi connectivity index (χ0v) is 22.8. The van der Waals surface area contributed by atoms with Gasteiger partial charge in [-0.05, 0) is 72.1 Å². The van der Waals surface area contributed by atoms with Crippen LogP contribution in [0.5, 0.6) is 0 Å². The highest BCUT2D eigenvalue weighted by atomic mass is 16.6. The SMILES string of the molecule is Cc1nc2c(n1C(C)C)-c1nc(Cc3ccc(N4CCN(C(=O)OC(C)(C)C)CC4)cn3)ncc1CC2. The van der Waals surface area contributed by atoms with Gasteiger partial charge in [0.1, 0.15) is 17.2 Å². The summed E-state index contributed by atoms with van der Waals surface area (Å²) in [7, 11) is 0. The summed E-state index contributed by atoms with van der Waals surface area (Å²) in [6.07, 6.45) is 6.07. The monoisotopic (exact) mass is 503 g/mol. The Labute approximate surface area is 218 Å². The second-order valence-corrected chi connectivity index (χ2v) is 11.2. The maximum atomic E-state index is 12.3. The molecule has 3 aromatic heterocycles. The average Bonchev–Trinajstić information content (AvgIpc) is 3.20. The molecule has 2 aliphatic rings. The number of aromatic nitrogens is 5. The number of carbonyl (C=O) groups excluding carboxylic acids is 1. The third kappa shape index (κ3) is 5.31. The molecule has 1 aliphatic heterocycles. The number of imidazole rings is 1. The summed E-state index contributed by atoms with van der Waals surface area (Å²) in [6, 6.07) is 4.46. The summed E-state index contributed by atoms with van der Waals surface area (Å²) >= 11 is 0. The predicted molar refractivity (Wildman–Crippen MR) is 143 cm³/mol. The highest BCUT2D eigenvalue weighted by Crippen LogP contribution is 2.34. The maximum absolute atomic E-state index is 12.3. The van der Waals surface area contributed by atoms with E-state index in [0.29, 0.717) is 25.6 Å². The molecule has 0 N–H and O–H groups in total. The lowest BCUT2D eigenvalue weighted by Gasteiger charge is -2.36. The molecule has 1 amide bonds. The van der Waals surface area contributed by atoms with Gasteiger partial charge < -0.3 is 19.1 Å². The van der Waals surface area contributed by atoms with Gasteiger partial charge in [-0.15, -0.1) is 0 Å². The largest absolute Gasteiger partial charge is 0.444 e. The van der Waals surface area contributed by atoms with Gasteiger partial charge in [0.05, 0.1) is 35.4 Å². The van der Waals surface area contributed by atoms with Crippen molar-refractivity contribution in [1.82, 2.24) is 29.4 Å². The van der Waals surface area contributed by atoms with Crippen LogP contribution in [0.4, 0.5) is 10.5 Å². The van der Waals surface area contributed by atoms with Gasteiger partial charge in [-0.25, -0.2) is 19.7 Å². The zero-order chi connectivity index (χ0) is 26.3. The van der Waals surface area contributed by atoms with Crippen molar-refractivity contribution >= 4 is 11.8 Å². The molecule has 0 unspecified atom stereocenters. The average molecular weight is 504 g/mol. The number of amides is 1. The highest BCUT2D eigenvalue weighted by Gasteiger charge is 2.27. The lowest BCUT2D eigenvalue weighted by Crippen LogP contribution is -2.50. The quantitative estimate of drug-likeness (QED) is 0.522. The minimum Gasteiger partial charge on any atom is -0.444 e. The Morgan fingerprint density at radius 1 is 1.03 bits per heavy atom. The first-order chi connectivity index (χ1) is 17.6. The Morgan fingerprint density at radius 2 is 1.78 bits per heavy atom. The minimum atomic E-state index is -0.480. The Kier molecular flexibility index (Phi) is 6.64. The standard InChI is InChI=1S/C28H37N7O2/c1-18(2)35-19(3)31-23-10-7-20-16-30-24(32-25(20)26(23)35)15-21-8-9-22(17-29-21)33-11-13-34(14-12-33)27(36)37-28(4,5)6/h8-9,16-18H,7,10-15H2,1-6H3. The van der Waals surface area contributed by atoms with E-state index in [0.717, 1.165) is 66.0 Å². The number of ether oxygens (including phenoxy) is 1. The molecular formula is C28H37N7O2. The molecule has 9 nitrogen and oxygen atoms in total. The lowest BCUT2D eigenvalue weighted by atomic mass is 9.97. The van der Waals surface area contributed by atoms with E-state index in [1.807, 2.05) is 39.2 Å². The van der Waals surface area contributed by atoms with Crippen LogP contribution in [0.25, 0.3) is 11.4 Å². The summed E-state index contributed by atoms with van der Waals surface area (Å²) in [4.78, 5) is 35.6. The van der Waals surface area contributed by atoms with Crippen LogP contribution in [0.3, 0.4) is 0 Å². The molecule has 3 aromatic rings. The van der Waals surface area contributed by atoms with Gasteiger partial charge in [0.2, 0.25) is 0 Å². The van der Waals surface area contributed by atoms with E-state index in [9.17, 15) is 4.79 Å². The molecule has 0 bridgehead atoms. The second kappa shape index (κ2) is 9.76. The van der Waals surface area contributed by atoms with Crippen molar-refractivity contribution in [2.75, 3.05) is 31.1 Å². The van der Waals surface area contributed by atoms with E-state index < -0.39 is 5.60 Å². The molecule has 196 valence electrons. The topological polar surface area (TPSA) is 89.3 Å². The van der Waals surface area contributed by atoms with Crippen molar-refractivity contribution in [2.24, 2.45) is 0 Å². The van der Waals surface area contributed by atoms with Crippen LogP contribution in [-0.4, -0.2) is 67.3 Å². The van der Waals surface area contributed by atoms with Gasteiger partial charge in [-0.3, -0.25) is 4.98 Å². The molecule has 4 heterocycles. The van der Waals surface area contributed by atoms with E-state index in [1.165, 1.54) is 5.56 Å². The lowest BCUT2D eigenvalue weighted by molar-refractivity contribution is 0.0240. The summed E-state index contributed by atoms with van der Waals surface area (Å²) in [5, 5.41) is 0. The van der Waals surface area contributed by atoms with Gasteiger partial charge in [0.25, 0.3) is 0 Å². The first-order valence-electron chi connectivity index (χ1n) is 13.2. The van der Waals surface area contributed by atoms with Crippen LogP contribution in [0.1, 0.15) is 69.3 Å². The number of piperazine rings is 1. The normalized spacial score (nSPS) is 15.5. The van der Waals surface area contributed by atoms with E-state index in [1.54, 1.807) is 4.90 Å². The van der Waals surface area contributed by atoms with Gasteiger partial charge in [0, 0.05) is 44.1 Å². The molecule has 0 saturated carbocycles. The number of fused-ring (bicyclic) bond motifs is 3. The number of hydrogen-bond donors (Lipinski definition) is 0. The molecule has 5 rings (SSSR count). The summed E-state index contributed by atoms with van der Waals surface area (Å²) in [5.41, 5.74) is 5.99. The molecule has 1 saturated heterocycles. The van der Waals surface area contributed by atoms with Gasteiger partial charge in [-0.2, -0.15) is 0 Å². The van der Waals surface area contributed by atoms with E-state index in [4.69, 9.17) is 19.7 Å². The highest BCUT2D eigenvalue weighted by molar-refractivity contribution is 5.68. The fourth-order valence-corrected chi connectivity index (χ4v) is 5.17. The first-order valence-corrected chi connectivity index (χ1v) is 13.2. The Hall–Kier alpha value is -3.49. The van der Waals surface area contributed by atoms with E-state index >= 15 is 0 Å². The number of anilines is 1. The smallest absolute Gasteiger partial charge is 0.410 e. The first kappa shape index (κ1) is 25.2. The third-order valence-corrected chi connectivity index (χ3v) is 6.89. The fourth-order valence-electron chi connectivity index (χ4n) is 5.17. The third-order valence-electron chi connectivity index (χ3n) is 6.89. The molecule has 1 fully saturated rings. The van der Waals surface area contributed by atoms with Crippen LogP contribution in [0, 0.1) is 6.92 Å². The molecule has 0 radical (unpaired) electrons. The van der Waals surface area contributed by atoms with Gasteiger partial charge >= 0.3 is 6.09 Å². The van der Waals surface area contributed by atoms with Gasteiger partial charge in [0.15, 0.2) is 0 Å². The van der Waals surface area contributed by atoms with Crippen LogP contribution >= 0.6 is 0 Å². The van der Waals surface area contributed by atoms with Crippen molar-refractivity contribution in [2.45, 2.75) is 72.4 Å². The van der Waals surface area contributed by atoms with E-state index in [2.05, 4.69) is 41.3 Å². The second-order valence-electron chi connectivity index (χ2n) is 11.2. The molecule has 0 atom stereocenters. The molecule has 1 aliphatic carbocycles. The number of nitrogens with zero attached hydrogens (tertiary/aromatic N) is 7. The Morgan fingerprint density at radius 3 is 2.43 bits per heavy atom. The number of aryl methyl sites for hydroxylation is 3. The van der Waals surface area contributed by atoms with Crippen molar-refractivity contribution in [3.8, 4) is 11.4 Å². The number of rotatable bonds is 4. The Balaban J connectivity index is 1.26. The predicted octanol–water partition coefficient (Wildman–Crippen LogP) is 4.37. The fraction of sp³-hybridized carbons (Fsp3) is 0.536. The van der Waals surface area contributed by atoms with Crippen LogP contribution in [0.15, 0.2) is 24.5 Å². The van der Waals surface area contributed by atoms with Crippen LogP contribution < -0.4 is 4.90 Å². The molecular weight excluding hydrogens is 466 g/mol.